The zero-order valence-electron chi connectivity index (χ0n) is 8.41. The van der Waals surface area contributed by atoms with Crippen molar-refractivity contribution in [2.75, 3.05) is 0 Å². The number of carbonyl (C=O) groups is 1. The average Bonchev–Trinajstić information content (AvgIpc) is 2.16. The SMILES string of the molecule is CCc1c(C)ccc(C(=O)Br)c1[N+](=O)[O-]. The summed E-state index contributed by atoms with van der Waals surface area (Å²) in [7, 11) is 0. The summed E-state index contributed by atoms with van der Waals surface area (Å²) in [6, 6.07) is 3.20. The van der Waals surface area contributed by atoms with Crippen molar-refractivity contribution in [3.8, 4) is 0 Å². The zero-order chi connectivity index (χ0) is 11.6. The molecule has 1 aromatic rings. The predicted octanol–water partition coefficient (Wildman–Crippen LogP) is 3.00. The van der Waals surface area contributed by atoms with E-state index in [2.05, 4.69) is 15.9 Å². The minimum atomic E-state index is -0.500. The molecule has 0 bridgehead atoms. The van der Waals surface area contributed by atoms with Crippen molar-refractivity contribution >= 4 is 26.3 Å². The summed E-state index contributed by atoms with van der Waals surface area (Å²) < 4.78 is -0.455. The molecule has 0 spiro atoms. The van der Waals surface area contributed by atoms with E-state index in [-0.39, 0.29) is 11.3 Å². The minimum absolute atomic E-state index is 0.0839. The average molecular weight is 272 g/mol. The second-order valence-corrected chi connectivity index (χ2v) is 3.86. The van der Waals surface area contributed by atoms with E-state index in [0.717, 1.165) is 5.56 Å². The molecule has 0 unspecified atom stereocenters. The third-order valence-corrected chi connectivity index (χ3v) is 2.69. The molecule has 0 aromatic heterocycles. The van der Waals surface area contributed by atoms with E-state index in [1.54, 1.807) is 13.0 Å². The van der Waals surface area contributed by atoms with Crippen LogP contribution in [0.2, 0.25) is 0 Å². The van der Waals surface area contributed by atoms with Crippen LogP contribution in [0.4, 0.5) is 5.69 Å². The quantitative estimate of drug-likeness (QED) is 0.482. The Kier molecular flexibility index (Phi) is 3.57. The Morgan fingerprint density at radius 3 is 2.53 bits per heavy atom. The van der Waals surface area contributed by atoms with Crippen LogP contribution in [0.3, 0.4) is 0 Å². The van der Waals surface area contributed by atoms with Gasteiger partial charge in [-0.1, -0.05) is 13.0 Å². The van der Waals surface area contributed by atoms with Crippen LogP contribution in [0, 0.1) is 17.0 Å². The van der Waals surface area contributed by atoms with Crippen molar-refractivity contribution in [1.82, 2.24) is 0 Å². The van der Waals surface area contributed by atoms with Gasteiger partial charge >= 0.3 is 0 Å². The first-order valence-electron chi connectivity index (χ1n) is 4.45. The number of nitrogens with zero attached hydrogens (tertiary/aromatic N) is 1. The Morgan fingerprint density at radius 1 is 1.53 bits per heavy atom. The van der Waals surface area contributed by atoms with Crippen LogP contribution in [0.1, 0.15) is 28.4 Å². The summed E-state index contributed by atoms with van der Waals surface area (Å²) in [6.07, 6.45) is 0.538. The molecule has 5 heteroatoms. The van der Waals surface area contributed by atoms with E-state index in [9.17, 15) is 14.9 Å². The third-order valence-electron chi connectivity index (χ3n) is 2.26. The number of halogens is 1. The number of aryl methyl sites for hydroxylation is 1. The molecule has 0 atom stereocenters. The van der Waals surface area contributed by atoms with Crippen molar-refractivity contribution < 1.29 is 9.72 Å². The fourth-order valence-corrected chi connectivity index (χ4v) is 1.87. The normalized spacial score (nSPS) is 10.1. The monoisotopic (exact) mass is 271 g/mol. The zero-order valence-corrected chi connectivity index (χ0v) is 10.00. The van der Waals surface area contributed by atoms with E-state index < -0.39 is 9.62 Å². The highest BCUT2D eigenvalue weighted by Crippen LogP contribution is 2.28. The lowest BCUT2D eigenvalue weighted by molar-refractivity contribution is -0.385. The Labute approximate surface area is 95.6 Å². The highest BCUT2D eigenvalue weighted by Gasteiger charge is 2.23. The molecule has 80 valence electrons. The van der Waals surface area contributed by atoms with Crippen molar-refractivity contribution in [2.45, 2.75) is 20.3 Å². The van der Waals surface area contributed by atoms with E-state index in [0.29, 0.717) is 12.0 Å². The summed E-state index contributed by atoms with van der Waals surface area (Å²) >= 11 is 2.75. The van der Waals surface area contributed by atoms with E-state index in [1.807, 2.05) is 6.92 Å². The number of nitro groups is 1. The number of hydrogen-bond donors (Lipinski definition) is 0. The molecule has 0 aliphatic heterocycles. The standard InChI is InChI=1S/C10H10BrNO3/c1-3-7-6(2)4-5-8(10(11)13)9(7)12(14)15/h4-5H,3H2,1-2H3. The fourth-order valence-electron chi connectivity index (χ4n) is 1.55. The molecule has 1 rings (SSSR count). The molecule has 0 aliphatic rings. The summed E-state index contributed by atoms with van der Waals surface area (Å²) in [5, 5.41) is 10.9. The molecule has 0 N–H and O–H groups in total. The maximum atomic E-state index is 11.2. The number of rotatable bonds is 3. The van der Waals surface area contributed by atoms with Crippen molar-refractivity contribution in [3.05, 3.63) is 38.9 Å². The van der Waals surface area contributed by atoms with Crippen LogP contribution >= 0.6 is 15.9 Å². The maximum Gasteiger partial charge on any atom is 0.284 e. The van der Waals surface area contributed by atoms with Gasteiger partial charge in [-0.25, -0.2) is 0 Å². The van der Waals surface area contributed by atoms with Crippen LogP contribution in [0.25, 0.3) is 0 Å². The van der Waals surface area contributed by atoms with Crippen molar-refractivity contribution in [1.29, 1.82) is 0 Å². The van der Waals surface area contributed by atoms with Crippen LogP contribution in [0.5, 0.6) is 0 Å². The molecule has 0 amide bonds. The molecule has 4 nitrogen and oxygen atoms in total. The van der Waals surface area contributed by atoms with Gasteiger partial charge < -0.3 is 0 Å². The van der Waals surface area contributed by atoms with Gasteiger partial charge in [-0.2, -0.15) is 0 Å². The number of benzene rings is 1. The Hall–Kier alpha value is -1.23. The molecule has 0 saturated heterocycles. The van der Waals surface area contributed by atoms with Gasteiger partial charge in [0.15, 0.2) is 0 Å². The first-order valence-corrected chi connectivity index (χ1v) is 5.25. The van der Waals surface area contributed by atoms with Gasteiger partial charge in [0.05, 0.1) is 4.92 Å². The molecule has 0 fully saturated rings. The number of hydrogen-bond acceptors (Lipinski definition) is 3. The van der Waals surface area contributed by atoms with Crippen LogP contribution < -0.4 is 0 Å². The molecule has 0 saturated carbocycles. The molecule has 1 aromatic carbocycles. The summed E-state index contributed by atoms with van der Waals surface area (Å²) in [5.74, 6) is 0. The van der Waals surface area contributed by atoms with Gasteiger partial charge in [-0.15, -0.1) is 0 Å². The second-order valence-electron chi connectivity index (χ2n) is 3.14. The Morgan fingerprint density at radius 2 is 2.13 bits per heavy atom. The molecule has 0 radical (unpaired) electrons. The molecular formula is C10H10BrNO3. The lowest BCUT2D eigenvalue weighted by Crippen LogP contribution is -2.03. The smallest absolute Gasteiger partial charge is 0.281 e. The van der Waals surface area contributed by atoms with Crippen LogP contribution in [-0.4, -0.2) is 9.62 Å². The van der Waals surface area contributed by atoms with Crippen molar-refractivity contribution in [3.63, 3.8) is 0 Å². The van der Waals surface area contributed by atoms with Gasteiger partial charge in [0.1, 0.15) is 5.56 Å². The minimum Gasteiger partial charge on any atom is -0.281 e. The lowest BCUT2D eigenvalue weighted by atomic mass is 10.0. The molecular weight excluding hydrogens is 262 g/mol. The maximum absolute atomic E-state index is 11.2. The third kappa shape index (κ3) is 2.23. The second kappa shape index (κ2) is 4.53. The van der Waals surface area contributed by atoms with Gasteiger partial charge in [0.2, 0.25) is 4.69 Å². The fraction of sp³-hybridized carbons (Fsp3) is 0.300. The van der Waals surface area contributed by atoms with Gasteiger partial charge in [-0.3, -0.25) is 14.9 Å². The Balaban J connectivity index is 3.56. The highest BCUT2D eigenvalue weighted by molar-refractivity contribution is 9.18. The summed E-state index contributed by atoms with van der Waals surface area (Å²) in [4.78, 5) is 21.6. The van der Waals surface area contributed by atoms with Crippen LogP contribution in [-0.2, 0) is 6.42 Å². The number of nitro benzene ring substituents is 1. The van der Waals surface area contributed by atoms with E-state index >= 15 is 0 Å². The predicted molar refractivity (Wildman–Crippen MR) is 60.5 cm³/mol. The van der Waals surface area contributed by atoms with E-state index in [4.69, 9.17) is 0 Å². The van der Waals surface area contributed by atoms with Gasteiger partial charge in [0, 0.05) is 5.56 Å². The molecule has 0 heterocycles. The van der Waals surface area contributed by atoms with Gasteiger partial charge in [0.25, 0.3) is 5.69 Å². The molecule has 0 aliphatic carbocycles. The van der Waals surface area contributed by atoms with E-state index in [1.165, 1.54) is 6.07 Å². The Bertz CT molecular complexity index is 429. The largest absolute Gasteiger partial charge is 0.284 e. The first-order chi connectivity index (χ1) is 6.99. The van der Waals surface area contributed by atoms with Crippen molar-refractivity contribution in [2.24, 2.45) is 0 Å². The number of carbonyl (C=O) groups excluding carboxylic acids is 1. The van der Waals surface area contributed by atoms with Crippen LogP contribution in [0.15, 0.2) is 12.1 Å². The summed E-state index contributed by atoms with van der Waals surface area (Å²) in [5.41, 5.74) is 1.48. The highest BCUT2D eigenvalue weighted by atomic mass is 79.9. The summed E-state index contributed by atoms with van der Waals surface area (Å²) in [6.45, 7) is 3.63. The first kappa shape index (κ1) is 11.8. The topological polar surface area (TPSA) is 60.2 Å². The lowest BCUT2D eigenvalue weighted by Gasteiger charge is -2.06. The van der Waals surface area contributed by atoms with Gasteiger partial charge in [-0.05, 0) is 40.9 Å². The molecule has 15 heavy (non-hydrogen) atoms.